The van der Waals surface area contributed by atoms with Gasteiger partial charge in [-0.05, 0) is 48.1 Å². The fourth-order valence-electron chi connectivity index (χ4n) is 2.85. The Morgan fingerprint density at radius 2 is 1.56 bits per heavy atom. The first-order valence-electron chi connectivity index (χ1n) is 10.1. The van der Waals surface area contributed by atoms with Gasteiger partial charge in [-0.3, -0.25) is 4.79 Å². The van der Waals surface area contributed by atoms with Gasteiger partial charge in [-0.1, -0.05) is 39.0 Å². The predicted octanol–water partition coefficient (Wildman–Crippen LogP) is 4.20. The number of nitrogens with one attached hydrogen (secondary N) is 3. The Bertz CT molecular complexity index is 930. The van der Waals surface area contributed by atoms with Crippen LogP contribution in [0.2, 0.25) is 0 Å². The molecule has 1 atom stereocenters. The summed E-state index contributed by atoms with van der Waals surface area (Å²) in [5.41, 5.74) is 1.31. The molecule has 8 heteroatoms. The van der Waals surface area contributed by atoms with Gasteiger partial charge in [-0.25, -0.2) is 0 Å². The Labute approximate surface area is 195 Å². The molecule has 32 heavy (non-hydrogen) atoms. The smallest absolute Gasteiger partial charge is 0.245 e. The van der Waals surface area contributed by atoms with Gasteiger partial charge in [-0.2, -0.15) is 0 Å². The number of anilines is 1. The van der Waals surface area contributed by atoms with Crippen molar-refractivity contribution < 1.29 is 19.0 Å². The maximum atomic E-state index is 12.7. The minimum Gasteiger partial charge on any atom is -0.493 e. The van der Waals surface area contributed by atoms with E-state index in [0.29, 0.717) is 22.4 Å². The Balaban J connectivity index is 2.10. The lowest BCUT2D eigenvalue weighted by atomic mass is 9.92. The van der Waals surface area contributed by atoms with Crippen LogP contribution in [0.15, 0.2) is 48.5 Å². The minimum atomic E-state index is -0.400. The van der Waals surface area contributed by atoms with E-state index in [4.69, 9.17) is 26.4 Å². The molecule has 0 aliphatic rings. The van der Waals surface area contributed by atoms with E-state index in [2.05, 4.69) is 16.0 Å². The number of ether oxygens (including phenoxy) is 3. The summed E-state index contributed by atoms with van der Waals surface area (Å²) in [5.74, 6) is 1.25. The fourth-order valence-corrected chi connectivity index (χ4v) is 3.08. The molecule has 0 aromatic heterocycles. The number of thiocarbonyl (C=S) groups is 1. The van der Waals surface area contributed by atoms with Crippen molar-refractivity contribution in [1.29, 1.82) is 0 Å². The lowest BCUT2D eigenvalue weighted by Crippen LogP contribution is -2.55. The molecule has 2 aromatic rings. The van der Waals surface area contributed by atoms with E-state index < -0.39 is 6.17 Å². The number of methoxy groups -OCH3 is 3. The summed E-state index contributed by atoms with van der Waals surface area (Å²) < 4.78 is 16.0. The Morgan fingerprint density at radius 3 is 2.06 bits per heavy atom. The number of hydrogen-bond acceptors (Lipinski definition) is 5. The first kappa shape index (κ1) is 25.0. The number of carbonyl (C=O) groups is 1. The summed E-state index contributed by atoms with van der Waals surface area (Å²) in [6.07, 6.45) is 2.73. The van der Waals surface area contributed by atoms with Gasteiger partial charge in [0.1, 0.15) is 6.17 Å². The number of hydrogen-bond donors (Lipinski definition) is 3. The molecule has 172 valence electrons. The largest absolute Gasteiger partial charge is 0.493 e. The number of para-hydroxylation sites is 1. The van der Waals surface area contributed by atoms with Gasteiger partial charge < -0.3 is 30.2 Å². The van der Waals surface area contributed by atoms with Gasteiger partial charge in [0.05, 0.1) is 21.3 Å². The Morgan fingerprint density at radius 1 is 0.969 bits per heavy atom. The van der Waals surface area contributed by atoms with E-state index in [1.54, 1.807) is 39.5 Å². The zero-order valence-corrected chi connectivity index (χ0v) is 20.1. The first-order valence-corrected chi connectivity index (χ1v) is 10.5. The molecule has 7 nitrogen and oxygen atoms in total. The third kappa shape index (κ3) is 7.16. The number of rotatable bonds is 8. The third-order valence-corrected chi connectivity index (χ3v) is 4.79. The SMILES string of the molecule is COc1cc(C=CC(=O)NC(NC(=S)Nc2ccccc2)C(C)(C)C)cc(OC)c1OC. The standard InChI is InChI=1S/C24H31N3O4S/c1-24(2,3)22(27-23(32)25-17-10-8-7-9-11-17)26-20(28)13-12-16-14-18(29-4)21(31-6)19(15-16)30-5/h7-15,22H,1-6H3,(H,26,28)(H2,25,27,32). The van der Waals surface area contributed by atoms with Crippen molar-refractivity contribution in [3.8, 4) is 17.2 Å². The van der Waals surface area contributed by atoms with Crippen molar-refractivity contribution in [2.24, 2.45) is 5.41 Å². The van der Waals surface area contributed by atoms with E-state index >= 15 is 0 Å². The van der Waals surface area contributed by atoms with Gasteiger partial charge in [0.15, 0.2) is 16.6 Å². The van der Waals surface area contributed by atoms with Gasteiger partial charge in [0, 0.05) is 17.2 Å². The van der Waals surface area contributed by atoms with Gasteiger partial charge >= 0.3 is 0 Å². The second kappa shape index (κ2) is 11.4. The first-order chi connectivity index (χ1) is 15.2. The summed E-state index contributed by atoms with van der Waals surface area (Å²) in [7, 11) is 4.63. The van der Waals surface area contributed by atoms with E-state index in [1.165, 1.54) is 6.08 Å². The van der Waals surface area contributed by atoms with E-state index in [1.807, 2.05) is 51.1 Å². The normalized spacial score (nSPS) is 12.1. The molecule has 0 saturated carbocycles. The molecule has 2 rings (SSSR count). The average Bonchev–Trinajstić information content (AvgIpc) is 2.76. The zero-order chi connectivity index (χ0) is 23.7. The molecular formula is C24H31N3O4S. The lowest BCUT2D eigenvalue weighted by Gasteiger charge is -2.32. The lowest BCUT2D eigenvalue weighted by molar-refractivity contribution is -0.118. The monoisotopic (exact) mass is 457 g/mol. The fraction of sp³-hybridized carbons (Fsp3) is 0.333. The molecule has 0 saturated heterocycles. The van der Waals surface area contributed by atoms with Crippen LogP contribution in [0.3, 0.4) is 0 Å². The van der Waals surface area contributed by atoms with Crippen molar-refractivity contribution in [3.63, 3.8) is 0 Å². The van der Waals surface area contributed by atoms with Crippen LogP contribution in [0.5, 0.6) is 17.2 Å². The topological polar surface area (TPSA) is 80.9 Å². The van der Waals surface area contributed by atoms with Crippen molar-refractivity contribution >= 4 is 35.0 Å². The third-order valence-electron chi connectivity index (χ3n) is 4.57. The molecule has 2 aromatic carbocycles. The second-order valence-electron chi connectivity index (χ2n) is 8.06. The predicted molar refractivity (Wildman–Crippen MR) is 132 cm³/mol. The van der Waals surface area contributed by atoms with Gasteiger partial charge in [0.25, 0.3) is 0 Å². The minimum absolute atomic E-state index is 0.270. The maximum absolute atomic E-state index is 12.7. The van der Waals surface area contributed by atoms with Crippen LogP contribution in [-0.2, 0) is 4.79 Å². The second-order valence-corrected chi connectivity index (χ2v) is 8.47. The molecular weight excluding hydrogens is 426 g/mol. The summed E-state index contributed by atoms with van der Waals surface area (Å²) in [4.78, 5) is 12.7. The van der Waals surface area contributed by atoms with Crippen LogP contribution in [0, 0.1) is 5.41 Å². The molecule has 0 fully saturated rings. The van der Waals surface area contributed by atoms with Crippen LogP contribution < -0.4 is 30.2 Å². The van der Waals surface area contributed by atoms with E-state index in [-0.39, 0.29) is 11.3 Å². The molecule has 0 aliphatic carbocycles. The molecule has 1 unspecified atom stereocenters. The molecule has 3 N–H and O–H groups in total. The molecule has 1 amide bonds. The van der Waals surface area contributed by atoms with Crippen LogP contribution in [-0.4, -0.2) is 38.5 Å². The number of carbonyl (C=O) groups excluding carboxylic acids is 1. The van der Waals surface area contributed by atoms with Crippen molar-refractivity contribution in [1.82, 2.24) is 10.6 Å². The van der Waals surface area contributed by atoms with Crippen LogP contribution in [0.25, 0.3) is 6.08 Å². The Hall–Kier alpha value is -3.26. The summed E-state index contributed by atoms with van der Waals surface area (Å²) in [5, 5.41) is 9.70. The van der Waals surface area contributed by atoms with Crippen molar-refractivity contribution in [2.45, 2.75) is 26.9 Å². The maximum Gasteiger partial charge on any atom is 0.245 e. The highest BCUT2D eigenvalue weighted by Crippen LogP contribution is 2.38. The highest BCUT2D eigenvalue weighted by molar-refractivity contribution is 7.80. The molecule has 0 spiro atoms. The number of benzene rings is 2. The van der Waals surface area contributed by atoms with Gasteiger partial charge in [0.2, 0.25) is 11.7 Å². The van der Waals surface area contributed by atoms with E-state index in [0.717, 1.165) is 11.3 Å². The van der Waals surface area contributed by atoms with Crippen LogP contribution in [0.1, 0.15) is 26.3 Å². The quantitative estimate of drug-likeness (QED) is 0.311. The Kier molecular flexibility index (Phi) is 8.90. The van der Waals surface area contributed by atoms with Crippen molar-refractivity contribution in [2.75, 3.05) is 26.6 Å². The van der Waals surface area contributed by atoms with Gasteiger partial charge in [-0.15, -0.1) is 0 Å². The van der Waals surface area contributed by atoms with Crippen LogP contribution >= 0.6 is 12.2 Å². The molecule has 0 aliphatic heterocycles. The number of amides is 1. The summed E-state index contributed by atoms with van der Waals surface area (Å²) in [6, 6.07) is 13.1. The highest BCUT2D eigenvalue weighted by Gasteiger charge is 2.26. The molecule has 0 heterocycles. The van der Waals surface area contributed by atoms with Crippen molar-refractivity contribution in [3.05, 3.63) is 54.1 Å². The van der Waals surface area contributed by atoms with Crippen LogP contribution in [0.4, 0.5) is 5.69 Å². The average molecular weight is 458 g/mol. The summed E-state index contributed by atoms with van der Waals surface area (Å²) in [6.45, 7) is 6.04. The molecule has 0 bridgehead atoms. The highest BCUT2D eigenvalue weighted by atomic mass is 32.1. The zero-order valence-electron chi connectivity index (χ0n) is 19.3. The molecule has 0 radical (unpaired) electrons. The summed E-state index contributed by atoms with van der Waals surface area (Å²) >= 11 is 5.42. The van der Waals surface area contributed by atoms with E-state index in [9.17, 15) is 4.79 Å².